The maximum Gasteiger partial charge on any atom is 0.221 e. The zero-order valence-corrected chi connectivity index (χ0v) is 10.9. The molecule has 1 amide bonds. The van der Waals surface area contributed by atoms with Gasteiger partial charge in [0.05, 0.1) is 12.7 Å². The maximum absolute atomic E-state index is 12.9. The second-order valence-electron chi connectivity index (χ2n) is 4.07. The van der Waals surface area contributed by atoms with Crippen molar-refractivity contribution in [3.63, 3.8) is 0 Å². The number of hydrogen-bond acceptors (Lipinski definition) is 3. The van der Waals surface area contributed by atoms with Crippen LogP contribution in [-0.4, -0.2) is 18.6 Å². The minimum atomic E-state index is -0.434. The second kappa shape index (κ2) is 8.09. The Balaban J connectivity index is 2.21. The van der Waals surface area contributed by atoms with Crippen LogP contribution in [0, 0.1) is 17.1 Å². The van der Waals surface area contributed by atoms with Crippen LogP contribution in [0.5, 0.6) is 5.75 Å². The van der Waals surface area contributed by atoms with Crippen LogP contribution in [0.15, 0.2) is 24.3 Å². The van der Waals surface area contributed by atoms with E-state index < -0.39 is 6.04 Å². The van der Waals surface area contributed by atoms with Gasteiger partial charge in [-0.1, -0.05) is 13.0 Å². The van der Waals surface area contributed by atoms with Gasteiger partial charge in [-0.15, -0.1) is 0 Å². The number of amides is 1. The lowest BCUT2D eigenvalue weighted by atomic mass is 10.2. The highest BCUT2D eigenvalue weighted by Crippen LogP contribution is 2.12. The predicted octanol–water partition coefficient (Wildman–Crippen LogP) is 2.40. The van der Waals surface area contributed by atoms with Crippen molar-refractivity contribution in [3.05, 3.63) is 30.1 Å². The minimum absolute atomic E-state index is 0.170. The van der Waals surface area contributed by atoms with Crippen LogP contribution >= 0.6 is 0 Å². The summed E-state index contributed by atoms with van der Waals surface area (Å²) in [6.07, 6.45) is 1.39. The zero-order valence-electron chi connectivity index (χ0n) is 10.9. The first-order chi connectivity index (χ1) is 9.15. The lowest BCUT2D eigenvalue weighted by Gasteiger charge is -2.09. The van der Waals surface area contributed by atoms with Crippen molar-refractivity contribution in [2.45, 2.75) is 32.2 Å². The van der Waals surface area contributed by atoms with Gasteiger partial charge >= 0.3 is 0 Å². The number of rotatable bonds is 7. The first-order valence-corrected chi connectivity index (χ1v) is 6.23. The largest absolute Gasteiger partial charge is 0.493 e. The van der Waals surface area contributed by atoms with Gasteiger partial charge in [0.15, 0.2) is 0 Å². The minimum Gasteiger partial charge on any atom is -0.493 e. The van der Waals surface area contributed by atoms with E-state index in [1.807, 2.05) is 13.0 Å². The third-order valence-electron chi connectivity index (χ3n) is 2.51. The summed E-state index contributed by atoms with van der Waals surface area (Å²) >= 11 is 0. The molecule has 0 fully saturated rings. The molecule has 1 rings (SSSR count). The van der Waals surface area contributed by atoms with Crippen LogP contribution in [0.25, 0.3) is 0 Å². The molecule has 1 atom stereocenters. The quantitative estimate of drug-likeness (QED) is 0.769. The summed E-state index contributed by atoms with van der Waals surface area (Å²) in [7, 11) is 0. The normalized spacial score (nSPS) is 11.4. The highest BCUT2D eigenvalue weighted by Gasteiger charge is 2.08. The third-order valence-corrected chi connectivity index (χ3v) is 2.51. The Morgan fingerprint density at radius 3 is 3.00 bits per heavy atom. The molecule has 0 saturated carbocycles. The number of carbonyl (C=O) groups is 1. The summed E-state index contributed by atoms with van der Waals surface area (Å²) in [5.41, 5.74) is 0. The average molecular weight is 264 g/mol. The van der Waals surface area contributed by atoms with Crippen molar-refractivity contribution in [3.8, 4) is 11.8 Å². The molecule has 0 spiro atoms. The van der Waals surface area contributed by atoms with E-state index in [-0.39, 0.29) is 18.1 Å². The molecular formula is C14H17FN2O2. The molecule has 1 N–H and O–H groups in total. The molecule has 19 heavy (non-hydrogen) atoms. The summed E-state index contributed by atoms with van der Waals surface area (Å²) in [5, 5.41) is 11.3. The van der Waals surface area contributed by atoms with Gasteiger partial charge in [-0.3, -0.25) is 4.79 Å². The number of nitrogens with one attached hydrogen (secondary N) is 1. The average Bonchev–Trinajstić information content (AvgIpc) is 2.41. The van der Waals surface area contributed by atoms with E-state index in [4.69, 9.17) is 10.00 Å². The number of nitriles is 1. The van der Waals surface area contributed by atoms with Crippen LogP contribution in [0.4, 0.5) is 4.39 Å². The van der Waals surface area contributed by atoms with Crippen molar-refractivity contribution in [2.24, 2.45) is 0 Å². The number of hydrogen-bond donors (Lipinski definition) is 1. The smallest absolute Gasteiger partial charge is 0.221 e. The summed E-state index contributed by atoms with van der Waals surface area (Å²) in [6.45, 7) is 2.17. The second-order valence-corrected chi connectivity index (χ2v) is 4.07. The van der Waals surface area contributed by atoms with Crippen molar-refractivity contribution in [1.29, 1.82) is 5.26 Å². The van der Waals surface area contributed by atoms with E-state index in [2.05, 4.69) is 5.32 Å². The Morgan fingerprint density at radius 1 is 1.58 bits per heavy atom. The Kier molecular flexibility index (Phi) is 6.37. The van der Waals surface area contributed by atoms with Crippen LogP contribution in [0.1, 0.15) is 26.2 Å². The van der Waals surface area contributed by atoms with Crippen LogP contribution in [0.3, 0.4) is 0 Å². The molecule has 0 aromatic heterocycles. The SMILES string of the molecule is CCC(C#N)NC(=O)CCCOc1cccc(F)c1. The van der Waals surface area contributed by atoms with E-state index >= 15 is 0 Å². The van der Waals surface area contributed by atoms with Gasteiger partial charge < -0.3 is 10.1 Å². The summed E-state index contributed by atoms with van der Waals surface area (Å²) in [6, 6.07) is 7.43. The molecular weight excluding hydrogens is 247 g/mol. The predicted molar refractivity (Wildman–Crippen MR) is 69.0 cm³/mol. The van der Waals surface area contributed by atoms with Crippen molar-refractivity contribution >= 4 is 5.91 Å². The number of ether oxygens (including phenoxy) is 1. The van der Waals surface area contributed by atoms with E-state index in [0.29, 0.717) is 25.2 Å². The lowest BCUT2D eigenvalue weighted by molar-refractivity contribution is -0.121. The fourth-order valence-electron chi connectivity index (χ4n) is 1.47. The molecule has 0 radical (unpaired) electrons. The number of carbonyl (C=O) groups excluding carboxylic acids is 1. The molecule has 4 nitrogen and oxygen atoms in total. The number of halogens is 1. The molecule has 5 heteroatoms. The van der Waals surface area contributed by atoms with Crippen molar-refractivity contribution in [1.82, 2.24) is 5.32 Å². The molecule has 1 aromatic rings. The van der Waals surface area contributed by atoms with Gasteiger partial charge in [-0.25, -0.2) is 4.39 Å². The summed E-state index contributed by atoms with van der Waals surface area (Å²) < 4.78 is 18.2. The fourth-order valence-corrected chi connectivity index (χ4v) is 1.47. The van der Waals surface area contributed by atoms with Crippen LogP contribution in [0.2, 0.25) is 0 Å². The maximum atomic E-state index is 12.9. The van der Waals surface area contributed by atoms with E-state index in [9.17, 15) is 9.18 Å². The Hall–Kier alpha value is -2.09. The Bertz CT molecular complexity index is 457. The standard InChI is InChI=1S/C14H17FN2O2/c1-2-12(10-16)17-14(18)7-4-8-19-13-6-3-5-11(15)9-13/h3,5-6,9,12H,2,4,7-8H2,1H3,(H,17,18). The zero-order chi connectivity index (χ0) is 14.1. The Morgan fingerprint density at radius 2 is 2.37 bits per heavy atom. The van der Waals surface area contributed by atoms with Gasteiger partial charge in [0.2, 0.25) is 5.91 Å². The van der Waals surface area contributed by atoms with Crippen molar-refractivity contribution < 1.29 is 13.9 Å². The number of nitrogens with zero attached hydrogens (tertiary/aromatic N) is 1. The van der Waals surface area contributed by atoms with E-state index in [0.717, 1.165) is 0 Å². The van der Waals surface area contributed by atoms with Gasteiger partial charge in [-0.05, 0) is 25.0 Å². The molecule has 1 aromatic carbocycles. The fraction of sp³-hybridized carbons (Fsp3) is 0.429. The van der Waals surface area contributed by atoms with Gasteiger partial charge in [0, 0.05) is 12.5 Å². The monoisotopic (exact) mass is 264 g/mol. The highest BCUT2D eigenvalue weighted by atomic mass is 19.1. The summed E-state index contributed by atoms with van der Waals surface area (Å²) in [4.78, 5) is 11.5. The summed E-state index contributed by atoms with van der Waals surface area (Å²) in [5.74, 6) is -0.0739. The number of benzene rings is 1. The Labute approximate surface area is 112 Å². The lowest BCUT2D eigenvalue weighted by Crippen LogP contribution is -2.33. The van der Waals surface area contributed by atoms with Gasteiger partial charge in [0.25, 0.3) is 0 Å². The van der Waals surface area contributed by atoms with Crippen molar-refractivity contribution in [2.75, 3.05) is 6.61 Å². The van der Waals surface area contributed by atoms with E-state index in [1.54, 1.807) is 12.1 Å². The topological polar surface area (TPSA) is 62.1 Å². The molecule has 0 saturated heterocycles. The molecule has 0 heterocycles. The van der Waals surface area contributed by atoms with Crippen LogP contribution < -0.4 is 10.1 Å². The molecule has 0 aliphatic carbocycles. The molecule has 0 aliphatic heterocycles. The van der Waals surface area contributed by atoms with Gasteiger partial charge in [0.1, 0.15) is 17.6 Å². The van der Waals surface area contributed by atoms with Crippen LogP contribution in [-0.2, 0) is 4.79 Å². The first-order valence-electron chi connectivity index (χ1n) is 6.23. The molecule has 102 valence electrons. The van der Waals surface area contributed by atoms with E-state index in [1.165, 1.54) is 12.1 Å². The first kappa shape index (κ1) is 15.0. The molecule has 0 aliphatic rings. The van der Waals surface area contributed by atoms with Gasteiger partial charge in [-0.2, -0.15) is 5.26 Å². The molecule has 0 bridgehead atoms. The third kappa shape index (κ3) is 5.87. The highest BCUT2D eigenvalue weighted by molar-refractivity contribution is 5.76. The molecule has 1 unspecified atom stereocenters.